The topological polar surface area (TPSA) is 87.1 Å². The van der Waals surface area contributed by atoms with Gasteiger partial charge in [-0.05, 0) is 12.5 Å². The van der Waals surface area contributed by atoms with Crippen molar-refractivity contribution in [2.24, 2.45) is 4.99 Å². The Bertz CT molecular complexity index is 522. The number of piperazine rings is 1. The highest BCUT2D eigenvalue weighted by Crippen LogP contribution is 2.08. The molecule has 0 radical (unpaired) electrons. The Balaban J connectivity index is 1.52. The van der Waals surface area contributed by atoms with Gasteiger partial charge < -0.3 is 25.0 Å². The molecule has 9 nitrogen and oxygen atoms in total. The largest absolute Gasteiger partial charge is 0.382 e. The second-order valence-corrected chi connectivity index (χ2v) is 6.26. The summed E-state index contributed by atoms with van der Waals surface area (Å²) in [5.41, 5.74) is 0. The average Bonchev–Trinajstić information content (AvgIpc) is 2.73. The molecular formula is C18H33N7O2. The molecule has 1 aromatic rings. The first-order valence-corrected chi connectivity index (χ1v) is 9.59. The number of nitrogens with one attached hydrogen (secondary N) is 2. The maximum absolute atomic E-state index is 5.45. The summed E-state index contributed by atoms with van der Waals surface area (Å²) < 4.78 is 10.4. The van der Waals surface area contributed by atoms with Crippen LogP contribution in [-0.2, 0) is 9.47 Å². The number of nitrogens with zero attached hydrogens (tertiary/aromatic N) is 5. The van der Waals surface area contributed by atoms with Gasteiger partial charge in [-0.3, -0.25) is 9.89 Å². The Morgan fingerprint density at radius 2 is 1.81 bits per heavy atom. The third-order valence-corrected chi connectivity index (χ3v) is 4.34. The summed E-state index contributed by atoms with van der Waals surface area (Å²) in [6.07, 6.45) is 4.53. The van der Waals surface area contributed by atoms with E-state index in [1.165, 1.54) is 0 Å². The second-order valence-electron chi connectivity index (χ2n) is 6.26. The van der Waals surface area contributed by atoms with E-state index in [1.807, 2.05) is 6.07 Å². The van der Waals surface area contributed by atoms with Crippen LogP contribution in [0, 0.1) is 0 Å². The van der Waals surface area contributed by atoms with Crippen molar-refractivity contribution >= 4 is 11.9 Å². The maximum atomic E-state index is 5.45. The summed E-state index contributed by atoms with van der Waals surface area (Å²) >= 11 is 0. The van der Waals surface area contributed by atoms with Gasteiger partial charge in [0.2, 0.25) is 5.95 Å². The predicted octanol–water partition coefficient (Wildman–Crippen LogP) is -0.183. The molecule has 0 aliphatic carbocycles. The zero-order valence-corrected chi connectivity index (χ0v) is 16.6. The highest BCUT2D eigenvalue weighted by molar-refractivity contribution is 5.79. The zero-order valence-electron chi connectivity index (χ0n) is 16.6. The Labute approximate surface area is 162 Å². The zero-order chi connectivity index (χ0) is 19.2. The number of hydrogen-bond acceptors (Lipinski definition) is 7. The Morgan fingerprint density at radius 3 is 2.52 bits per heavy atom. The maximum Gasteiger partial charge on any atom is 0.225 e. The third-order valence-electron chi connectivity index (χ3n) is 4.34. The van der Waals surface area contributed by atoms with Crippen LogP contribution in [0.15, 0.2) is 23.5 Å². The Hall–Kier alpha value is -1.97. The van der Waals surface area contributed by atoms with E-state index in [2.05, 4.69) is 35.4 Å². The van der Waals surface area contributed by atoms with Crippen LogP contribution < -0.4 is 15.5 Å². The molecule has 1 aromatic heterocycles. The molecule has 1 fully saturated rings. The first-order valence-electron chi connectivity index (χ1n) is 9.59. The van der Waals surface area contributed by atoms with E-state index in [9.17, 15) is 0 Å². The molecule has 1 aliphatic rings. The fraction of sp³-hybridized carbons (Fsp3) is 0.722. The smallest absolute Gasteiger partial charge is 0.225 e. The Morgan fingerprint density at radius 1 is 1.07 bits per heavy atom. The molecular weight excluding hydrogens is 346 g/mol. The van der Waals surface area contributed by atoms with Crippen LogP contribution in [0.2, 0.25) is 0 Å². The van der Waals surface area contributed by atoms with Crippen LogP contribution in [0.3, 0.4) is 0 Å². The van der Waals surface area contributed by atoms with Crippen molar-refractivity contribution in [1.82, 2.24) is 25.5 Å². The van der Waals surface area contributed by atoms with Gasteiger partial charge in [0.25, 0.3) is 0 Å². The molecule has 27 heavy (non-hydrogen) atoms. The third kappa shape index (κ3) is 8.51. The van der Waals surface area contributed by atoms with Crippen molar-refractivity contribution in [2.45, 2.75) is 6.42 Å². The molecule has 2 heterocycles. The first-order chi connectivity index (χ1) is 13.3. The summed E-state index contributed by atoms with van der Waals surface area (Å²) in [6.45, 7) is 8.66. The van der Waals surface area contributed by atoms with Crippen molar-refractivity contribution in [1.29, 1.82) is 0 Å². The molecule has 0 amide bonds. The van der Waals surface area contributed by atoms with Crippen LogP contribution in [0.5, 0.6) is 0 Å². The van der Waals surface area contributed by atoms with E-state index in [1.54, 1.807) is 26.6 Å². The molecule has 2 N–H and O–H groups in total. The summed E-state index contributed by atoms with van der Waals surface area (Å²) in [4.78, 5) is 17.6. The molecule has 0 aromatic carbocycles. The fourth-order valence-corrected chi connectivity index (χ4v) is 2.80. The van der Waals surface area contributed by atoms with Crippen LogP contribution in [0.1, 0.15) is 6.42 Å². The van der Waals surface area contributed by atoms with Crippen LogP contribution in [-0.4, -0.2) is 101 Å². The van der Waals surface area contributed by atoms with Gasteiger partial charge in [0.1, 0.15) is 0 Å². The average molecular weight is 380 g/mol. The molecule has 0 unspecified atom stereocenters. The van der Waals surface area contributed by atoms with Crippen molar-refractivity contribution in [3.05, 3.63) is 18.5 Å². The van der Waals surface area contributed by atoms with Gasteiger partial charge in [0.15, 0.2) is 5.96 Å². The minimum Gasteiger partial charge on any atom is -0.382 e. The van der Waals surface area contributed by atoms with Crippen LogP contribution in [0.4, 0.5) is 5.95 Å². The van der Waals surface area contributed by atoms with E-state index >= 15 is 0 Å². The molecule has 0 atom stereocenters. The monoisotopic (exact) mass is 379 g/mol. The molecule has 1 aliphatic heterocycles. The van der Waals surface area contributed by atoms with Crippen molar-refractivity contribution in [3.8, 4) is 0 Å². The SMILES string of the molecule is CN=C(NCCCOCCOC)NCCN1CCN(c2ncccn2)CC1. The molecule has 0 saturated carbocycles. The Kier molecular flexibility index (Phi) is 10.5. The van der Waals surface area contributed by atoms with Gasteiger partial charge in [-0.2, -0.15) is 0 Å². The van der Waals surface area contributed by atoms with E-state index in [-0.39, 0.29) is 0 Å². The lowest BCUT2D eigenvalue weighted by atomic mass is 10.3. The van der Waals surface area contributed by atoms with E-state index < -0.39 is 0 Å². The normalized spacial score (nSPS) is 15.8. The van der Waals surface area contributed by atoms with Crippen LogP contribution >= 0.6 is 0 Å². The van der Waals surface area contributed by atoms with Gasteiger partial charge >= 0.3 is 0 Å². The number of guanidine groups is 1. The van der Waals surface area contributed by atoms with Crippen molar-refractivity contribution in [2.75, 3.05) is 84.7 Å². The number of aliphatic imine (C=N–C) groups is 1. The quantitative estimate of drug-likeness (QED) is 0.311. The van der Waals surface area contributed by atoms with Gasteiger partial charge in [-0.15, -0.1) is 0 Å². The number of hydrogen-bond donors (Lipinski definition) is 2. The van der Waals surface area contributed by atoms with Gasteiger partial charge in [0.05, 0.1) is 13.2 Å². The second kappa shape index (κ2) is 13.2. The number of methoxy groups -OCH3 is 1. The summed E-state index contributed by atoms with van der Waals surface area (Å²) in [5, 5.41) is 6.68. The summed E-state index contributed by atoms with van der Waals surface area (Å²) in [7, 11) is 3.47. The minimum atomic E-state index is 0.642. The van der Waals surface area contributed by atoms with Gasteiger partial charge in [-0.1, -0.05) is 0 Å². The lowest BCUT2D eigenvalue weighted by molar-refractivity contribution is 0.0698. The summed E-state index contributed by atoms with van der Waals surface area (Å²) in [6, 6.07) is 1.85. The number of rotatable bonds is 11. The highest BCUT2D eigenvalue weighted by Gasteiger charge is 2.18. The first kappa shape index (κ1) is 21.3. The fourth-order valence-electron chi connectivity index (χ4n) is 2.80. The molecule has 2 rings (SSSR count). The predicted molar refractivity (Wildman–Crippen MR) is 107 cm³/mol. The highest BCUT2D eigenvalue weighted by atomic mass is 16.5. The van der Waals surface area contributed by atoms with Gasteiger partial charge in [0, 0.05) is 79.0 Å². The van der Waals surface area contributed by atoms with Crippen molar-refractivity contribution < 1.29 is 9.47 Å². The number of anilines is 1. The van der Waals surface area contributed by atoms with E-state index in [0.717, 1.165) is 70.7 Å². The molecule has 1 saturated heterocycles. The van der Waals surface area contributed by atoms with E-state index in [4.69, 9.17) is 9.47 Å². The minimum absolute atomic E-state index is 0.642. The van der Waals surface area contributed by atoms with Crippen LogP contribution in [0.25, 0.3) is 0 Å². The van der Waals surface area contributed by atoms with Gasteiger partial charge in [-0.25, -0.2) is 9.97 Å². The lowest BCUT2D eigenvalue weighted by Gasteiger charge is -2.34. The molecule has 9 heteroatoms. The standard InChI is InChI=1S/C18H33N7O2/c1-19-17(20-7-4-14-27-16-15-26-2)21-8-9-24-10-12-25(13-11-24)18-22-5-3-6-23-18/h3,5-6H,4,7-16H2,1-2H3,(H2,19,20,21). The number of ether oxygens (including phenoxy) is 2. The molecule has 0 bridgehead atoms. The van der Waals surface area contributed by atoms with Crippen molar-refractivity contribution in [3.63, 3.8) is 0 Å². The molecule has 152 valence electrons. The van der Waals surface area contributed by atoms with E-state index in [0.29, 0.717) is 13.2 Å². The number of aromatic nitrogens is 2. The lowest BCUT2D eigenvalue weighted by Crippen LogP contribution is -2.49. The summed E-state index contributed by atoms with van der Waals surface area (Å²) in [5.74, 6) is 1.66. The molecule has 0 spiro atoms.